The Morgan fingerprint density at radius 2 is 1.45 bits per heavy atom. The number of methoxy groups -OCH3 is 2. The molecule has 8 rings (SSSR count). The summed E-state index contributed by atoms with van der Waals surface area (Å²) in [4.78, 5) is 25.6. The quantitative estimate of drug-likeness (QED) is 0.167. The summed E-state index contributed by atoms with van der Waals surface area (Å²) >= 11 is 1.96. The van der Waals surface area contributed by atoms with Crippen molar-refractivity contribution in [3.63, 3.8) is 0 Å². The van der Waals surface area contributed by atoms with Crippen LogP contribution in [0.3, 0.4) is 0 Å². The summed E-state index contributed by atoms with van der Waals surface area (Å²) in [7, 11) is 5.40. The fraction of sp³-hybridized carbons (Fsp3) is 0.268. The highest BCUT2D eigenvalue weighted by molar-refractivity contribution is 7.98. The number of likely N-dealkylation sites (N-methyl/N-ethyl adjacent to an activating group) is 1. The van der Waals surface area contributed by atoms with Crippen LogP contribution in [-0.2, 0) is 38.2 Å². The number of thioether (sulfide) groups is 1. The summed E-state index contributed by atoms with van der Waals surface area (Å²) in [5.74, 6) is 1.78. The van der Waals surface area contributed by atoms with Gasteiger partial charge < -0.3 is 33.7 Å². The van der Waals surface area contributed by atoms with E-state index in [4.69, 9.17) is 9.47 Å². The fourth-order valence-corrected chi connectivity index (χ4v) is 8.59. The number of benzene rings is 4. The Morgan fingerprint density at radius 1 is 0.745 bits per heavy atom. The molecule has 6 aromatic rings. The lowest BCUT2D eigenvalue weighted by atomic mass is 10.0. The summed E-state index contributed by atoms with van der Waals surface area (Å²) in [5, 5.41) is 21.6. The van der Waals surface area contributed by atoms with E-state index in [1.165, 1.54) is 33.3 Å². The smallest absolute Gasteiger partial charge is 0.336 e. The van der Waals surface area contributed by atoms with Gasteiger partial charge in [-0.25, -0.2) is 9.59 Å². The van der Waals surface area contributed by atoms with E-state index in [0.29, 0.717) is 30.0 Å². The van der Waals surface area contributed by atoms with E-state index < -0.39 is 11.9 Å². The molecule has 0 atom stereocenters. The number of nitrogens with zero attached hydrogens (tertiary/aromatic N) is 3. The molecule has 2 aliphatic heterocycles. The molecule has 0 saturated heterocycles. The highest BCUT2D eigenvalue weighted by atomic mass is 32.2. The lowest BCUT2D eigenvalue weighted by Gasteiger charge is -2.24. The van der Waals surface area contributed by atoms with Crippen LogP contribution in [0.1, 0.15) is 54.4 Å². The first-order valence-corrected chi connectivity index (χ1v) is 18.2. The minimum atomic E-state index is -0.921. The molecule has 0 fully saturated rings. The molecule has 0 saturated carbocycles. The fourth-order valence-electron chi connectivity index (χ4n) is 7.59. The maximum atomic E-state index is 11.7. The van der Waals surface area contributed by atoms with Crippen LogP contribution in [0.25, 0.3) is 21.8 Å². The Morgan fingerprint density at radius 3 is 2.24 bits per heavy atom. The molecule has 2 aliphatic rings. The standard InChI is InChI=1S/C21H22N2O3.C20H19NO3S/c1-22-10-9-20-18(13-22)17-11-15(26-2)7-8-19(17)23(20)12-14-5-3-4-6-16(14)21(24)25;1-24-19-8-4-6-14(20(22)23)15(19)11-21-17-7-3-2-5-13(17)16-12-25-10-9-18(16)21/h3-8,11H,9-10,12-13H2,1-2H3,(H,24,25);2-8H,9-12H2,1H3,(H,22,23). The second kappa shape index (κ2) is 14.6. The zero-order valence-corrected chi connectivity index (χ0v) is 29.8. The summed E-state index contributed by atoms with van der Waals surface area (Å²) in [6, 6.07) is 27.0. The van der Waals surface area contributed by atoms with Crippen molar-refractivity contribution in [2.45, 2.75) is 38.2 Å². The van der Waals surface area contributed by atoms with E-state index in [-0.39, 0.29) is 0 Å². The van der Waals surface area contributed by atoms with Crippen LogP contribution in [0.15, 0.2) is 84.9 Å². The first-order valence-electron chi connectivity index (χ1n) is 17.0. The minimum absolute atomic E-state index is 0.302. The van der Waals surface area contributed by atoms with Gasteiger partial charge in [0.15, 0.2) is 0 Å². The number of rotatable bonds is 8. The molecular weight excluding hydrogens is 663 g/mol. The molecule has 0 spiro atoms. The maximum absolute atomic E-state index is 11.7. The summed E-state index contributed by atoms with van der Waals surface area (Å²) < 4.78 is 15.4. The van der Waals surface area contributed by atoms with Crippen molar-refractivity contribution in [3.05, 3.63) is 130 Å². The van der Waals surface area contributed by atoms with Crippen molar-refractivity contribution in [3.8, 4) is 11.5 Å². The van der Waals surface area contributed by atoms with Gasteiger partial charge in [-0.1, -0.05) is 42.5 Å². The molecule has 9 nitrogen and oxygen atoms in total. The first-order chi connectivity index (χ1) is 24.8. The van der Waals surface area contributed by atoms with Crippen molar-refractivity contribution >= 4 is 45.5 Å². The monoisotopic (exact) mass is 703 g/mol. The van der Waals surface area contributed by atoms with Crippen LogP contribution in [-0.4, -0.2) is 69.8 Å². The molecule has 0 unspecified atom stereocenters. The van der Waals surface area contributed by atoms with E-state index in [0.717, 1.165) is 65.3 Å². The average molecular weight is 704 g/mol. The third kappa shape index (κ3) is 6.57. The molecule has 0 bridgehead atoms. The topological polar surface area (TPSA) is 106 Å². The van der Waals surface area contributed by atoms with E-state index in [9.17, 15) is 19.8 Å². The van der Waals surface area contributed by atoms with Gasteiger partial charge in [-0.05, 0) is 78.4 Å². The number of fused-ring (bicyclic) bond motifs is 6. The second-order valence-corrected chi connectivity index (χ2v) is 14.1. The van der Waals surface area contributed by atoms with Crippen LogP contribution in [0, 0.1) is 0 Å². The Balaban J connectivity index is 0.000000159. The van der Waals surface area contributed by atoms with Gasteiger partial charge in [-0.15, -0.1) is 0 Å². The van der Waals surface area contributed by atoms with E-state index in [1.807, 2.05) is 42.1 Å². The lowest BCUT2D eigenvalue weighted by molar-refractivity contribution is 0.0684. The van der Waals surface area contributed by atoms with Gasteiger partial charge in [0, 0.05) is 70.6 Å². The van der Waals surface area contributed by atoms with Gasteiger partial charge in [0.1, 0.15) is 11.5 Å². The number of hydrogen-bond donors (Lipinski definition) is 2. The lowest BCUT2D eigenvalue weighted by Crippen LogP contribution is -2.27. The highest BCUT2D eigenvalue weighted by Crippen LogP contribution is 2.36. The summed E-state index contributed by atoms with van der Waals surface area (Å²) in [6.07, 6.45) is 1.96. The average Bonchev–Trinajstić information content (AvgIpc) is 3.63. The molecule has 0 aliphatic carbocycles. The zero-order valence-electron chi connectivity index (χ0n) is 29.0. The van der Waals surface area contributed by atoms with Crippen LogP contribution in [0.4, 0.5) is 0 Å². The van der Waals surface area contributed by atoms with Gasteiger partial charge in [-0.3, -0.25) is 0 Å². The Kier molecular flexibility index (Phi) is 9.79. The predicted molar refractivity (Wildman–Crippen MR) is 202 cm³/mol. The minimum Gasteiger partial charge on any atom is -0.497 e. The number of para-hydroxylation sites is 1. The number of hydrogen-bond acceptors (Lipinski definition) is 6. The molecule has 0 radical (unpaired) electrons. The third-order valence-corrected chi connectivity index (χ3v) is 11.0. The molecular formula is C41H41N3O6S. The van der Waals surface area contributed by atoms with Crippen molar-refractivity contribution in [1.29, 1.82) is 0 Å². The van der Waals surface area contributed by atoms with Gasteiger partial charge in [0.2, 0.25) is 0 Å². The molecule has 262 valence electrons. The number of carboxylic acids is 2. The van der Waals surface area contributed by atoms with Gasteiger partial charge >= 0.3 is 11.9 Å². The number of ether oxygens (including phenoxy) is 2. The Bertz CT molecular complexity index is 2270. The third-order valence-electron chi connectivity index (χ3n) is 10.1. The highest BCUT2D eigenvalue weighted by Gasteiger charge is 2.25. The van der Waals surface area contributed by atoms with Gasteiger partial charge in [0.25, 0.3) is 0 Å². The summed E-state index contributed by atoms with van der Waals surface area (Å²) in [6.45, 7) is 2.96. The number of aromatic nitrogens is 2. The van der Waals surface area contributed by atoms with E-state index in [2.05, 4.69) is 51.4 Å². The molecule has 51 heavy (non-hydrogen) atoms. The largest absolute Gasteiger partial charge is 0.497 e. The Hall–Kier alpha value is -5.19. The Labute approximate surface area is 301 Å². The molecule has 2 N–H and O–H groups in total. The molecule has 10 heteroatoms. The van der Waals surface area contributed by atoms with Gasteiger partial charge in [-0.2, -0.15) is 11.8 Å². The number of aromatic carboxylic acids is 2. The zero-order chi connectivity index (χ0) is 35.6. The van der Waals surface area contributed by atoms with E-state index >= 15 is 0 Å². The van der Waals surface area contributed by atoms with Crippen molar-refractivity contribution < 1.29 is 29.3 Å². The van der Waals surface area contributed by atoms with Crippen molar-refractivity contribution in [2.75, 3.05) is 33.6 Å². The summed E-state index contributed by atoms with van der Waals surface area (Å²) in [5.41, 5.74) is 9.84. The van der Waals surface area contributed by atoms with Crippen LogP contribution >= 0.6 is 11.8 Å². The van der Waals surface area contributed by atoms with Gasteiger partial charge in [0.05, 0.1) is 31.9 Å². The number of carboxylic acid groups (broad SMARTS) is 2. The van der Waals surface area contributed by atoms with E-state index in [1.54, 1.807) is 38.5 Å². The maximum Gasteiger partial charge on any atom is 0.336 e. The number of carbonyl (C=O) groups is 2. The predicted octanol–water partition coefficient (Wildman–Crippen LogP) is 7.57. The SMILES string of the molecule is COc1ccc2c(c1)c1c(n2Cc2ccccc2C(=O)O)CCN(C)C1.COc1cccc(C(=O)O)c1Cn1c2c(c3ccccc31)CSCC2. The first kappa shape index (κ1) is 34.3. The molecule has 4 heterocycles. The molecule has 4 aromatic carbocycles. The van der Waals surface area contributed by atoms with Crippen molar-refractivity contribution in [1.82, 2.24) is 14.0 Å². The van der Waals surface area contributed by atoms with Crippen LogP contribution < -0.4 is 9.47 Å². The molecule has 0 amide bonds. The second-order valence-electron chi connectivity index (χ2n) is 13.0. The molecule has 2 aromatic heterocycles. The van der Waals surface area contributed by atoms with Crippen LogP contribution in [0.2, 0.25) is 0 Å². The van der Waals surface area contributed by atoms with Crippen molar-refractivity contribution in [2.24, 2.45) is 0 Å². The van der Waals surface area contributed by atoms with Crippen LogP contribution in [0.5, 0.6) is 11.5 Å². The normalized spacial score (nSPS) is 14.0.